The molecule has 0 aliphatic carbocycles. The van der Waals surface area contributed by atoms with Crippen LogP contribution < -0.4 is 20.1 Å². The Morgan fingerprint density at radius 3 is 2.46 bits per heavy atom. The molecule has 7 heteroatoms. The Bertz CT molecular complexity index is 616. The van der Waals surface area contributed by atoms with Crippen LogP contribution in [0.25, 0.3) is 0 Å². The molecule has 2 rings (SSSR count). The van der Waals surface area contributed by atoms with Crippen molar-refractivity contribution in [1.82, 2.24) is 15.5 Å². The van der Waals surface area contributed by atoms with Crippen molar-refractivity contribution in [2.24, 2.45) is 4.99 Å². The fourth-order valence-corrected chi connectivity index (χ4v) is 3.42. The van der Waals surface area contributed by atoms with Crippen molar-refractivity contribution < 1.29 is 9.47 Å². The highest BCUT2D eigenvalue weighted by Crippen LogP contribution is 2.28. The first-order valence-corrected chi connectivity index (χ1v) is 9.99. The largest absolute Gasteiger partial charge is 0.493 e. The van der Waals surface area contributed by atoms with E-state index in [0.29, 0.717) is 13.2 Å². The average molecular weight is 504 g/mol. The molecule has 1 heterocycles. The van der Waals surface area contributed by atoms with Crippen LogP contribution in [0.5, 0.6) is 11.5 Å². The minimum absolute atomic E-state index is 0. The van der Waals surface area contributed by atoms with Crippen LogP contribution >= 0.6 is 24.0 Å². The molecular weight excluding hydrogens is 467 g/mol. The van der Waals surface area contributed by atoms with E-state index in [1.54, 1.807) is 7.11 Å². The number of methoxy groups -OCH3 is 1. The number of piperidine rings is 1. The smallest absolute Gasteiger partial charge is 0.191 e. The molecule has 6 nitrogen and oxygen atoms in total. The summed E-state index contributed by atoms with van der Waals surface area (Å²) < 4.78 is 11.0. The number of benzene rings is 1. The molecule has 2 N–H and O–H groups in total. The van der Waals surface area contributed by atoms with Crippen molar-refractivity contribution in [3.63, 3.8) is 0 Å². The van der Waals surface area contributed by atoms with E-state index in [9.17, 15) is 0 Å². The van der Waals surface area contributed by atoms with Crippen molar-refractivity contribution in [2.45, 2.75) is 52.1 Å². The summed E-state index contributed by atoms with van der Waals surface area (Å²) in [6, 6.07) is 6.00. The van der Waals surface area contributed by atoms with Gasteiger partial charge in [0.15, 0.2) is 17.5 Å². The summed E-state index contributed by atoms with van der Waals surface area (Å²) in [5, 5.41) is 6.87. The number of hydrogen-bond donors (Lipinski definition) is 2. The van der Waals surface area contributed by atoms with Gasteiger partial charge in [0, 0.05) is 25.7 Å². The Kier molecular flexibility index (Phi) is 11.0. The lowest BCUT2D eigenvalue weighted by Gasteiger charge is -2.41. The van der Waals surface area contributed by atoms with Gasteiger partial charge >= 0.3 is 0 Å². The van der Waals surface area contributed by atoms with Crippen LogP contribution in [-0.2, 0) is 6.54 Å². The molecule has 0 saturated carbocycles. The third-order valence-electron chi connectivity index (χ3n) is 5.11. The van der Waals surface area contributed by atoms with Crippen molar-refractivity contribution in [3.05, 3.63) is 23.8 Å². The molecule has 0 bridgehead atoms. The number of nitrogens with zero attached hydrogens (tertiary/aromatic N) is 2. The molecule has 0 atom stereocenters. The van der Waals surface area contributed by atoms with Gasteiger partial charge in [0.05, 0.1) is 13.7 Å². The van der Waals surface area contributed by atoms with Crippen molar-refractivity contribution in [2.75, 3.05) is 40.4 Å². The zero-order valence-corrected chi connectivity index (χ0v) is 20.3. The maximum absolute atomic E-state index is 5.66. The predicted molar refractivity (Wildman–Crippen MR) is 127 cm³/mol. The third kappa shape index (κ3) is 7.31. The standard InChI is InChI=1S/C21H36N4O2.HI/c1-6-27-19-14-17(10-11-18(19)26-5)15-23-20(22-4)24-16-21(2,3)25-12-8-7-9-13-25;/h10-11,14H,6-9,12-13,15-16H2,1-5H3,(H2,22,23,24);1H. The van der Waals surface area contributed by atoms with E-state index in [1.807, 2.05) is 32.2 Å². The van der Waals surface area contributed by atoms with Crippen LogP contribution in [-0.4, -0.2) is 56.8 Å². The summed E-state index contributed by atoms with van der Waals surface area (Å²) in [4.78, 5) is 6.94. The molecule has 0 aromatic heterocycles. The number of halogens is 1. The van der Waals surface area contributed by atoms with Gasteiger partial charge in [0.2, 0.25) is 0 Å². The Labute approximate surface area is 187 Å². The highest BCUT2D eigenvalue weighted by Gasteiger charge is 2.27. The van der Waals surface area contributed by atoms with Gasteiger partial charge in [-0.2, -0.15) is 0 Å². The molecule has 0 amide bonds. The molecule has 1 aromatic carbocycles. The molecular formula is C21H37IN4O2. The minimum atomic E-state index is 0. The molecule has 1 aliphatic rings. The topological polar surface area (TPSA) is 58.1 Å². The molecule has 1 aromatic rings. The molecule has 0 spiro atoms. The molecule has 1 fully saturated rings. The van der Waals surface area contributed by atoms with Crippen LogP contribution in [0.15, 0.2) is 23.2 Å². The number of guanidine groups is 1. The molecule has 1 saturated heterocycles. The van der Waals surface area contributed by atoms with Gasteiger partial charge in [-0.1, -0.05) is 12.5 Å². The summed E-state index contributed by atoms with van der Waals surface area (Å²) in [6.45, 7) is 11.1. The number of rotatable bonds is 8. The highest BCUT2D eigenvalue weighted by atomic mass is 127. The lowest BCUT2D eigenvalue weighted by molar-refractivity contribution is 0.0982. The van der Waals surface area contributed by atoms with Crippen LogP contribution in [0.3, 0.4) is 0 Å². The molecule has 0 radical (unpaired) electrons. The van der Waals surface area contributed by atoms with E-state index in [2.05, 4.69) is 34.4 Å². The van der Waals surface area contributed by atoms with Crippen LogP contribution in [0.4, 0.5) is 0 Å². The fraction of sp³-hybridized carbons (Fsp3) is 0.667. The molecule has 28 heavy (non-hydrogen) atoms. The normalized spacial score (nSPS) is 15.5. The molecule has 160 valence electrons. The highest BCUT2D eigenvalue weighted by molar-refractivity contribution is 14.0. The van der Waals surface area contributed by atoms with E-state index in [0.717, 1.165) is 29.6 Å². The van der Waals surface area contributed by atoms with Gasteiger partial charge in [-0.05, 0) is 64.4 Å². The Balaban J connectivity index is 0.00000392. The number of nitrogens with one attached hydrogen (secondary N) is 2. The SMILES string of the molecule is CCOc1cc(CNC(=NC)NCC(C)(C)N2CCCCC2)ccc1OC.I. The second-order valence-electron chi connectivity index (χ2n) is 7.56. The lowest BCUT2D eigenvalue weighted by Crippen LogP contribution is -2.54. The Hall–Kier alpha value is -1.22. The fourth-order valence-electron chi connectivity index (χ4n) is 3.42. The van der Waals surface area contributed by atoms with Crippen molar-refractivity contribution >= 4 is 29.9 Å². The second kappa shape index (κ2) is 12.4. The van der Waals surface area contributed by atoms with Crippen LogP contribution in [0.1, 0.15) is 45.6 Å². The van der Waals surface area contributed by atoms with E-state index in [1.165, 1.54) is 32.4 Å². The van der Waals surface area contributed by atoms with Gasteiger partial charge < -0.3 is 20.1 Å². The second-order valence-corrected chi connectivity index (χ2v) is 7.56. The van der Waals surface area contributed by atoms with E-state index in [-0.39, 0.29) is 29.5 Å². The number of hydrogen-bond acceptors (Lipinski definition) is 4. The molecule has 0 unspecified atom stereocenters. The maximum Gasteiger partial charge on any atom is 0.191 e. The zero-order chi connectivity index (χ0) is 19.7. The average Bonchev–Trinajstić information content (AvgIpc) is 2.69. The first-order valence-electron chi connectivity index (χ1n) is 9.99. The van der Waals surface area contributed by atoms with E-state index in [4.69, 9.17) is 9.47 Å². The zero-order valence-electron chi connectivity index (χ0n) is 18.0. The molecule has 1 aliphatic heterocycles. The van der Waals surface area contributed by atoms with Crippen LogP contribution in [0, 0.1) is 0 Å². The summed E-state index contributed by atoms with van der Waals surface area (Å²) in [5.41, 5.74) is 1.23. The van der Waals surface area contributed by atoms with Crippen LogP contribution in [0.2, 0.25) is 0 Å². The van der Waals surface area contributed by atoms with Gasteiger partial charge in [0.25, 0.3) is 0 Å². The first-order chi connectivity index (χ1) is 13.0. The van der Waals surface area contributed by atoms with Gasteiger partial charge in [0.1, 0.15) is 0 Å². The van der Waals surface area contributed by atoms with Gasteiger partial charge in [-0.25, -0.2) is 0 Å². The Morgan fingerprint density at radius 1 is 1.14 bits per heavy atom. The minimum Gasteiger partial charge on any atom is -0.493 e. The quantitative estimate of drug-likeness (QED) is 0.322. The summed E-state index contributed by atoms with van der Waals surface area (Å²) in [6.07, 6.45) is 3.96. The Morgan fingerprint density at radius 2 is 1.86 bits per heavy atom. The van der Waals surface area contributed by atoms with Crippen molar-refractivity contribution in [1.29, 1.82) is 0 Å². The summed E-state index contributed by atoms with van der Waals surface area (Å²) in [5.74, 6) is 2.34. The van der Waals surface area contributed by atoms with E-state index >= 15 is 0 Å². The first kappa shape index (κ1) is 24.8. The lowest BCUT2D eigenvalue weighted by atomic mass is 9.98. The monoisotopic (exact) mass is 504 g/mol. The van der Waals surface area contributed by atoms with Gasteiger partial charge in [-0.15, -0.1) is 24.0 Å². The van der Waals surface area contributed by atoms with Crippen molar-refractivity contribution in [3.8, 4) is 11.5 Å². The maximum atomic E-state index is 5.66. The number of ether oxygens (including phenoxy) is 2. The predicted octanol–water partition coefficient (Wildman–Crippen LogP) is 3.64. The third-order valence-corrected chi connectivity index (χ3v) is 5.11. The summed E-state index contributed by atoms with van der Waals surface area (Å²) in [7, 11) is 3.47. The summed E-state index contributed by atoms with van der Waals surface area (Å²) >= 11 is 0. The number of likely N-dealkylation sites (tertiary alicyclic amines) is 1. The van der Waals surface area contributed by atoms with Gasteiger partial charge in [-0.3, -0.25) is 9.89 Å². The van der Waals surface area contributed by atoms with E-state index < -0.39 is 0 Å². The number of aliphatic imine (C=N–C) groups is 1.